The van der Waals surface area contributed by atoms with Gasteiger partial charge in [0.05, 0.1) is 11.4 Å². The van der Waals surface area contributed by atoms with Crippen molar-refractivity contribution in [3.8, 4) is 11.3 Å². The van der Waals surface area contributed by atoms with E-state index in [1.54, 1.807) is 22.9 Å². The molecule has 0 aliphatic carbocycles. The van der Waals surface area contributed by atoms with Crippen molar-refractivity contribution in [2.45, 2.75) is 32.6 Å². The molecular weight excluding hydrogens is 401 g/mol. The van der Waals surface area contributed by atoms with Gasteiger partial charge in [-0.3, -0.25) is 14.2 Å². The molecule has 31 heavy (non-hydrogen) atoms. The summed E-state index contributed by atoms with van der Waals surface area (Å²) in [5, 5.41) is 18.6. The minimum atomic E-state index is -0.948. The van der Waals surface area contributed by atoms with E-state index in [1.807, 2.05) is 42.6 Å². The number of nitrogens with zero attached hydrogens (tertiary/aromatic N) is 5. The Morgan fingerprint density at radius 2 is 1.84 bits per heavy atom. The zero-order chi connectivity index (χ0) is 21.1. The van der Waals surface area contributed by atoms with Crippen LogP contribution in [0.5, 0.6) is 0 Å². The molecule has 7 nitrogen and oxygen atoms in total. The number of carbonyl (C=O) groups is 1. The standard InChI is InChI=1S/C23H23N5O2.Na.H/c1-15(2)11-19-22-27-26-21(18(23(29)30)12-16-7-6-10-24-13-16)28(22)14-20(25-19)17-8-4-3-5-9-17;;/h3-10,13-15,18H,11-12H2,1-2H3,(H,29,30);;. The molecule has 3 aromatic heterocycles. The maximum atomic E-state index is 12.1. The molecule has 0 saturated heterocycles. The quantitative estimate of drug-likeness (QED) is 0.457. The second kappa shape index (κ2) is 10.1. The summed E-state index contributed by atoms with van der Waals surface area (Å²) in [5.41, 5.74) is 3.99. The number of carboxylic acids is 1. The molecule has 0 aliphatic rings. The van der Waals surface area contributed by atoms with E-state index in [1.165, 1.54) is 0 Å². The molecule has 0 radical (unpaired) electrons. The first-order valence-corrected chi connectivity index (χ1v) is 9.94. The Balaban J connectivity index is 0.00000272. The van der Waals surface area contributed by atoms with E-state index in [4.69, 9.17) is 4.98 Å². The molecule has 8 heteroatoms. The molecule has 0 amide bonds. The van der Waals surface area contributed by atoms with Gasteiger partial charge in [-0.1, -0.05) is 50.2 Å². The van der Waals surface area contributed by atoms with Crippen molar-refractivity contribution in [2.75, 3.05) is 0 Å². The van der Waals surface area contributed by atoms with E-state index < -0.39 is 11.9 Å². The number of hydrogen-bond donors (Lipinski definition) is 1. The third kappa shape index (κ3) is 5.18. The topological polar surface area (TPSA) is 93.3 Å². The summed E-state index contributed by atoms with van der Waals surface area (Å²) in [4.78, 5) is 21.1. The van der Waals surface area contributed by atoms with Gasteiger partial charge in [0.1, 0.15) is 5.92 Å². The maximum absolute atomic E-state index is 12.1. The van der Waals surface area contributed by atoms with Crippen molar-refractivity contribution in [2.24, 2.45) is 5.92 Å². The van der Waals surface area contributed by atoms with Gasteiger partial charge in [-0.25, -0.2) is 4.98 Å². The Bertz CT molecular complexity index is 1160. The Hall–Kier alpha value is -2.61. The zero-order valence-corrected chi connectivity index (χ0v) is 16.9. The van der Waals surface area contributed by atoms with Crippen LogP contribution in [-0.4, -0.2) is 65.2 Å². The molecule has 0 fully saturated rings. The van der Waals surface area contributed by atoms with Gasteiger partial charge in [0.15, 0.2) is 11.5 Å². The van der Waals surface area contributed by atoms with Gasteiger partial charge >= 0.3 is 35.5 Å². The first kappa shape index (κ1) is 23.1. The van der Waals surface area contributed by atoms with Crippen LogP contribution in [0.4, 0.5) is 0 Å². The first-order chi connectivity index (χ1) is 14.5. The van der Waals surface area contributed by atoms with Crippen molar-refractivity contribution < 1.29 is 9.90 Å². The fourth-order valence-electron chi connectivity index (χ4n) is 3.53. The number of aromatic nitrogens is 5. The van der Waals surface area contributed by atoms with Crippen LogP contribution >= 0.6 is 0 Å². The number of pyridine rings is 1. The first-order valence-electron chi connectivity index (χ1n) is 9.94. The summed E-state index contributed by atoms with van der Waals surface area (Å²) < 4.78 is 1.79. The predicted octanol–water partition coefficient (Wildman–Crippen LogP) is 3.15. The number of benzene rings is 1. The normalized spacial score (nSPS) is 12.0. The average Bonchev–Trinajstić information content (AvgIpc) is 3.17. The third-order valence-electron chi connectivity index (χ3n) is 4.93. The van der Waals surface area contributed by atoms with Crippen LogP contribution in [0.3, 0.4) is 0 Å². The number of carboxylic acid groups (broad SMARTS) is 1. The van der Waals surface area contributed by atoms with Gasteiger partial charge in [0.2, 0.25) is 0 Å². The minimum absolute atomic E-state index is 0. The molecule has 0 spiro atoms. The van der Waals surface area contributed by atoms with Crippen LogP contribution in [0.15, 0.2) is 61.1 Å². The number of hydrogen-bond acceptors (Lipinski definition) is 5. The summed E-state index contributed by atoms with van der Waals surface area (Å²) in [6.07, 6.45) is 6.19. The van der Waals surface area contributed by atoms with Crippen LogP contribution in [-0.2, 0) is 17.6 Å². The van der Waals surface area contributed by atoms with Gasteiger partial charge < -0.3 is 5.11 Å². The number of fused-ring (bicyclic) bond motifs is 1. The van der Waals surface area contributed by atoms with E-state index in [9.17, 15) is 9.90 Å². The molecule has 0 aliphatic heterocycles. The Morgan fingerprint density at radius 1 is 1.06 bits per heavy atom. The van der Waals surface area contributed by atoms with Crippen molar-refractivity contribution in [1.29, 1.82) is 0 Å². The summed E-state index contributed by atoms with van der Waals surface area (Å²) in [6, 6.07) is 13.5. The van der Waals surface area contributed by atoms with Gasteiger partial charge in [0.25, 0.3) is 0 Å². The van der Waals surface area contributed by atoms with Crippen molar-refractivity contribution in [1.82, 2.24) is 24.6 Å². The summed E-state index contributed by atoms with van der Waals surface area (Å²) in [7, 11) is 0. The van der Waals surface area contributed by atoms with E-state index in [2.05, 4.69) is 29.0 Å². The molecule has 1 unspecified atom stereocenters. The number of aliphatic carboxylic acids is 1. The molecule has 1 aromatic carbocycles. The Kier molecular flexibility index (Phi) is 7.54. The summed E-state index contributed by atoms with van der Waals surface area (Å²) >= 11 is 0. The average molecular weight is 425 g/mol. The Morgan fingerprint density at radius 3 is 2.48 bits per heavy atom. The van der Waals surface area contributed by atoms with Crippen LogP contribution in [0.2, 0.25) is 0 Å². The zero-order valence-electron chi connectivity index (χ0n) is 16.9. The van der Waals surface area contributed by atoms with Crippen molar-refractivity contribution in [3.63, 3.8) is 0 Å². The van der Waals surface area contributed by atoms with Crippen molar-refractivity contribution >= 4 is 41.2 Å². The second-order valence-corrected chi connectivity index (χ2v) is 7.74. The molecule has 3 heterocycles. The van der Waals surface area contributed by atoms with E-state index in [-0.39, 0.29) is 36.0 Å². The molecule has 1 atom stereocenters. The van der Waals surface area contributed by atoms with Crippen LogP contribution in [0.25, 0.3) is 16.9 Å². The van der Waals surface area contributed by atoms with Crippen LogP contribution in [0.1, 0.15) is 36.8 Å². The predicted molar refractivity (Wildman–Crippen MR) is 120 cm³/mol. The Labute approximate surface area is 202 Å². The van der Waals surface area contributed by atoms with Crippen molar-refractivity contribution in [3.05, 3.63) is 78.1 Å². The SMILES string of the molecule is CC(C)Cc1nc(-c2ccccc2)cn2c(C(Cc3cccnc3)C(=O)O)nnc12.[NaH]. The molecule has 4 rings (SSSR count). The molecule has 154 valence electrons. The van der Waals surface area contributed by atoms with Gasteiger partial charge in [0, 0.05) is 24.2 Å². The summed E-state index contributed by atoms with van der Waals surface area (Å²) in [5.74, 6) is -1.03. The van der Waals surface area contributed by atoms with Gasteiger partial charge in [-0.15, -0.1) is 10.2 Å². The molecular formula is C23H24N5NaO2. The molecule has 1 N–H and O–H groups in total. The van der Waals surface area contributed by atoms with Crippen LogP contribution in [0, 0.1) is 5.92 Å². The number of rotatable bonds is 7. The van der Waals surface area contributed by atoms with Gasteiger partial charge in [-0.2, -0.15) is 0 Å². The van der Waals surface area contributed by atoms with E-state index in [0.29, 0.717) is 17.4 Å². The van der Waals surface area contributed by atoms with E-state index in [0.717, 1.165) is 28.9 Å². The molecule has 4 aromatic rings. The van der Waals surface area contributed by atoms with E-state index >= 15 is 0 Å². The van der Waals surface area contributed by atoms with Gasteiger partial charge in [-0.05, 0) is 30.4 Å². The fraction of sp³-hybridized carbons (Fsp3) is 0.261. The molecule has 0 bridgehead atoms. The second-order valence-electron chi connectivity index (χ2n) is 7.74. The third-order valence-corrected chi connectivity index (χ3v) is 4.93. The molecule has 0 saturated carbocycles. The summed E-state index contributed by atoms with van der Waals surface area (Å²) in [6.45, 7) is 4.24. The van der Waals surface area contributed by atoms with Crippen LogP contribution < -0.4 is 0 Å². The fourth-order valence-corrected chi connectivity index (χ4v) is 3.53. The monoisotopic (exact) mass is 425 g/mol.